The van der Waals surface area contributed by atoms with Crippen molar-refractivity contribution < 1.29 is 14.9 Å². The van der Waals surface area contributed by atoms with E-state index in [0.29, 0.717) is 5.75 Å². The third kappa shape index (κ3) is 5.52. The molecule has 0 aromatic heterocycles. The Bertz CT molecular complexity index is 363. The normalized spacial score (nSPS) is 12.4. The zero-order valence-corrected chi connectivity index (χ0v) is 12.1. The Balaban J connectivity index is 2.34. The lowest BCUT2D eigenvalue weighted by molar-refractivity contribution is 0.163. The van der Waals surface area contributed by atoms with E-state index < -0.39 is 6.10 Å². The summed E-state index contributed by atoms with van der Waals surface area (Å²) in [5.41, 5.74) is 0.809. The number of unbranched alkanes of at least 4 members (excludes halogenated alkanes) is 5. The number of phenolic OH excluding ortho intramolecular Hbond substituents is 1. The first-order valence-electron chi connectivity index (χ1n) is 7.24. The van der Waals surface area contributed by atoms with Crippen LogP contribution in [-0.2, 0) is 0 Å². The summed E-state index contributed by atoms with van der Waals surface area (Å²) < 4.78 is 5.04. The topological polar surface area (TPSA) is 49.7 Å². The molecule has 0 saturated heterocycles. The Morgan fingerprint density at radius 2 is 1.79 bits per heavy atom. The molecule has 0 fully saturated rings. The highest BCUT2D eigenvalue weighted by Gasteiger charge is 2.10. The Hall–Kier alpha value is -1.22. The number of benzene rings is 1. The maximum Gasteiger partial charge on any atom is 0.160 e. The van der Waals surface area contributed by atoms with Crippen LogP contribution in [0.1, 0.15) is 63.5 Å². The molecule has 2 N–H and O–H groups in total. The molecule has 1 rings (SSSR count). The average molecular weight is 266 g/mol. The van der Waals surface area contributed by atoms with Crippen LogP contribution in [0, 0.1) is 0 Å². The molecule has 0 spiro atoms. The van der Waals surface area contributed by atoms with E-state index in [1.54, 1.807) is 18.2 Å². The highest BCUT2D eigenvalue weighted by Crippen LogP contribution is 2.30. The minimum absolute atomic E-state index is 0.109. The monoisotopic (exact) mass is 266 g/mol. The summed E-state index contributed by atoms with van der Waals surface area (Å²) in [5, 5.41) is 19.6. The molecular formula is C16H26O3. The molecule has 1 aromatic rings. The van der Waals surface area contributed by atoms with Crippen molar-refractivity contribution in [3.05, 3.63) is 23.8 Å². The summed E-state index contributed by atoms with van der Waals surface area (Å²) in [6.45, 7) is 2.21. The largest absolute Gasteiger partial charge is 0.504 e. The van der Waals surface area contributed by atoms with Crippen molar-refractivity contribution in [2.45, 2.75) is 58.0 Å². The summed E-state index contributed by atoms with van der Waals surface area (Å²) >= 11 is 0. The van der Waals surface area contributed by atoms with E-state index in [4.69, 9.17) is 4.74 Å². The van der Waals surface area contributed by atoms with E-state index >= 15 is 0 Å². The number of methoxy groups -OCH3 is 1. The van der Waals surface area contributed by atoms with Crippen LogP contribution in [0.2, 0.25) is 0 Å². The molecule has 0 bridgehead atoms. The smallest absolute Gasteiger partial charge is 0.160 e. The van der Waals surface area contributed by atoms with Crippen LogP contribution in [-0.4, -0.2) is 17.3 Å². The number of aliphatic hydroxyl groups is 1. The molecule has 0 radical (unpaired) electrons. The summed E-state index contributed by atoms with van der Waals surface area (Å²) in [6.07, 6.45) is 7.60. The number of phenols is 1. The zero-order chi connectivity index (χ0) is 14.1. The lowest BCUT2D eigenvalue weighted by atomic mass is 10.0. The first-order valence-corrected chi connectivity index (χ1v) is 7.24. The second-order valence-electron chi connectivity index (χ2n) is 5.00. The van der Waals surface area contributed by atoms with Gasteiger partial charge in [0.25, 0.3) is 0 Å². The maximum atomic E-state index is 10.1. The molecule has 0 saturated carbocycles. The van der Waals surface area contributed by atoms with Crippen LogP contribution in [0.4, 0.5) is 0 Å². The second-order valence-corrected chi connectivity index (χ2v) is 5.00. The fourth-order valence-electron chi connectivity index (χ4n) is 2.19. The van der Waals surface area contributed by atoms with Gasteiger partial charge in [-0.2, -0.15) is 0 Å². The van der Waals surface area contributed by atoms with Crippen molar-refractivity contribution in [1.82, 2.24) is 0 Å². The predicted octanol–water partition coefficient (Wildman–Crippen LogP) is 4.18. The first kappa shape index (κ1) is 15.8. The molecule has 1 unspecified atom stereocenters. The molecule has 1 atom stereocenters. The van der Waals surface area contributed by atoms with Gasteiger partial charge in [-0.05, 0) is 24.1 Å². The zero-order valence-electron chi connectivity index (χ0n) is 12.1. The molecule has 1 aromatic carbocycles. The van der Waals surface area contributed by atoms with Crippen molar-refractivity contribution in [3.8, 4) is 11.5 Å². The number of hydrogen-bond donors (Lipinski definition) is 2. The number of ether oxygens (including phenoxy) is 1. The maximum absolute atomic E-state index is 10.1. The van der Waals surface area contributed by atoms with E-state index in [9.17, 15) is 10.2 Å². The van der Waals surface area contributed by atoms with E-state index in [1.807, 2.05) is 0 Å². The van der Waals surface area contributed by atoms with Gasteiger partial charge < -0.3 is 14.9 Å². The van der Waals surface area contributed by atoms with Crippen molar-refractivity contribution in [3.63, 3.8) is 0 Å². The standard InChI is InChI=1S/C16H26O3/c1-3-4-5-6-7-8-9-14(17)13-10-11-15(18)16(12-13)19-2/h10-12,14,17-18H,3-9H2,1-2H3. The highest BCUT2D eigenvalue weighted by molar-refractivity contribution is 5.42. The predicted molar refractivity (Wildman–Crippen MR) is 77.6 cm³/mol. The molecule has 0 aliphatic carbocycles. The fraction of sp³-hybridized carbons (Fsp3) is 0.625. The minimum atomic E-state index is -0.472. The third-order valence-electron chi connectivity index (χ3n) is 3.42. The SMILES string of the molecule is CCCCCCCCC(O)c1ccc(O)c(OC)c1. The molecule has 3 heteroatoms. The van der Waals surface area contributed by atoms with Crippen molar-refractivity contribution in [2.24, 2.45) is 0 Å². The van der Waals surface area contributed by atoms with Gasteiger partial charge in [-0.25, -0.2) is 0 Å². The number of rotatable bonds is 9. The number of hydrogen-bond acceptors (Lipinski definition) is 3. The second kappa shape index (κ2) is 8.81. The summed E-state index contributed by atoms with van der Waals surface area (Å²) in [7, 11) is 1.51. The van der Waals surface area contributed by atoms with Gasteiger partial charge in [0.1, 0.15) is 0 Å². The van der Waals surface area contributed by atoms with E-state index in [1.165, 1.54) is 39.2 Å². The Morgan fingerprint density at radius 3 is 2.47 bits per heavy atom. The molecule has 108 valence electrons. The van der Waals surface area contributed by atoms with E-state index in [0.717, 1.165) is 18.4 Å². The Morgan fingerprint density at radius 1 is 1.11 bits per heavy atom. The quantitative estimate of drug-likeness (QED) is 0.659. The van der Waals surface area contributed by atoms with E-state index in [2.05, 4.69) is 6.92 Å². The molecule has 0 amide bonds. The fourth-order valence-corrected chi connectivity index (χ4v) is 2.19. The van der Waals surface area contributed by atoms with Crippen molar-refractivity contribution >= 4 is 0 Å². The van der Waals surface area contributed by atoms with Crippen LogP contribution < -0.4 is 4.74 Å². The summed E-state index contributed by atoms with van der Waals surface area (Å²) in [5.74, 6) is 0.525. The van der Waals surface area contributed by atoms with Gasteiger partial charge in [-0.15, -0.1) is 0 Å². The van der Waals surface area contributed by atoms with Crippen molar-refractivity contribution in [1.29, 1.82) is 0 Å². The average Bonchev–Trinajstić information content (AvgIpc) is 2.43. The number of aromatic hydroxyl groups is 1. The molecule has 0 heterocycles. The van der Waals surface area contributed by atoms with Crippen molar-refractivity contribution in [2.75, 3.05) is 7.11 Å². The van der Waals surface area contributed by atoms with Crippen LogP contribution in [0.25, 0.3) is 0 Å². The molecule has 0 aliphatic rings. The molecular weight excluding hydrogens is 240 g/mol. The summed E-state index contributed by atoms with van der Waals surface area (Å²) in [6, 6.07) is 5.02. The van der Waals surface area contributed by atoms with Gasteiger partial charge in [-0.1, -0.05) is 51.5 Å². The van der Waals surface area contributed by atoms with Gasteiger partial charge in [-0.3, -0.25) is 0 Å². The highest BCUT2D eigenvalue weighted by atomic mass is 16.5. The summed E-state index contributed by atoms with van der Waals surface area (Å²) in [4.78, 5) is 0. The minimum Gasteiger partial charge on any atom is -0.504 e. The molecule has 19 heavy (non-hydrogen) atoms. The van der Waals surface area contributed by atoms with Gasteiger partial charge in [0, 0.05) is 0 Å². The third-order valence-corrected chi connectivity index (χ3v) is 3.42. The molecule has 3 nitrogen and oxygen atoms in total. The number of aliphatic hydroxyl groups excluding tert-OH is 1. The lowest BCUT2D eigenvalue weighted by Gasteiger charge is -2.12. The van der Waals surface area contributed by atoms with Gasteiger partial charge in [0.2, 0.25) is 0 Å². The molecule has 0 aliphatic heterocycles. The van der Waals surface area contributed by atoms with Gasteiger partial charge in [0.05, 0.1) is 13.2 Å². The Kier molecular flexibility index (Phi) is 7.34. The van der Waals surface area contributed by atoms with Crippen LogP contribution >= 0.6 is 0 Å². The van der Waals surface area contributed by atoms with Gasteiger partial charge >= 0.3 is 0 Å². The van der Waals surface area contributed by atoms with Crippen LogP contribution in [0.5, 0.6) is 11.5 Å². The van der Waals surface area contributed by atoms with E-state index in [-0.39, 0.29) is 5.75 Å². The Labute approximate surface area is 116 Å². The van der Waals surface area contributed by atoms with Crippen LogP contribution in [0.15, 0.2) is 18.2 Å². The van der Waals surface area contributed by atoms with Gasteiger partial charge in [0.15, 0.2) is 11.5 Å². The lowest BCUT2D eigenvalue weighted by Crippen LogP contribution is -1.98. The first-order chi connectivity index (χ1) is 9.19. The van der Waals surface area contributed by atoms with Crippen LogP contribution in [0.3, 0.4) is 0 Å².